The second kappa shape index (κ2) is 9.80. The third-order valence-electron chi connectivity index (χ3n) is 5.55. The van der Waals surface area contributed by atoms with Gasteiger partial charge in [-0.3, -0.25) is 9.59 Å². The van der Waals surface area contributed by atoms with Crippen molar-refractivity contribution in [2.45, 2.75) is 25.6 Å². The maximum atomic E-state index is 13.9. The van der Waals surface area contributed by atoms with Gasteiger partial charge in [-0.2, -0.15) is 18.2 Å². The standard InChI is InChI=1S/C23H18F5N3O4/c24-16-5-6-17(18(25)11-16)21(32)31-9-7-14(8-10-31)22(33)34-12-19-29-20(30-35-19)13-1-3-15(4-2-13)23(26,27)28/h1-6,11,14H,7-10,12H2. The number of amides is 1. The summed E-state index contributed by atoms with van der Waals surface area (Å²) in [4.78, 5) is 30.3. The van der Waals surface area contributed by atoms with Crippen LogP contribution in [0, 0.1) is 17.6 Å². The lowest BCUT2D eigenvalue weighted by atomic mass is 9.96. The van der Waals surface area contributed by atoms with Gasteiger partial charge in [0.05, 0.1) is 17.0 Å². The fourth-order valence-electron chi connectivity index (χ4n) is 3.64. The summed E-state index contributed by atoms with van der Waals surface area (Å²) in [6, 6.07) is 6.92. The number of piperidine rings is 1. The van der Waals surface area contributed by atoms with Crippen LogP contribution in [0.3, 0.4) is 0 Å². The van der Waals surface area contributed by atoms with E-state index in [9.17, 15) is 31.5 Å². The number of aromatic nitrogens is 2. The zero-order valence-corrected chi connectivity index (χ0v) is 18.0. The molecule has 0 aliphatic carbocycles. The lowest BCUT2D eigenvalue weighted by Gasteiger charge is -2.31. The molecule has 0 atom stereocenters. The van der Waals surface area contributed by atoms with E-state index in [0.29, 0.717) is 11.6 Å². The largest absolute Gasteiger partial charge is 0.455 e. The summed E-state index contributed by atoms with van der Waals surface area (Å²) in [5.41, 5.74) is -0.754. The van der Waals surface area contributed by atoms with Gasteiger partial charge in [0.2, 0.25) is 5.82 Å². The van der Waals surface area contributed by atoms with Crippen LogP contribution >= 0.6 is 0 Å². The predicted molar refractivity (Wildman–Crippen MR) is 110 cm³/mol. The molecule has 1 fully saturated rings. The van der Waals surface area contributed by atoms with Crippen molar-refractivity contribution in [1.29, 1.82) is 0 Å². The minimum absolute atomic E-state index is 0.0346. The van der Waals surface area contributed by atoms with Gasteiger partial charge in [-0.1, -0.05) is 17.3 Å². The summed E-state index contributed by atoms with van der Waals surface area (Å²) in [5, 5.41) is 3.68. The Bertz CT molecular complexity index is 1220. The lowest BCUT2D eigenvalue weighted by molar-refractivity contribution is -0.152. The Morgan fingerprint density at radius 1 is 1.06 bits per heavy atom. The van der Waals surface area contributed by atoms with Crippen LogP contribution in [-0.2, 0) is 22.3 Å². The van der Waals surface area contributed by atoms with Crippen LogP contribution < -0.4 is 0 Å². The first-order valence-electron chi connectivity index (χ1n) is 10.5. The zero-order valence-electron chi connectivity index (χ0n) is 18.0. The number of nitrogens with zero attached hydrogens (tertiary/aromatic N) is 3. The molecular weight excluding hydrogens is 477 g/mol. The fourth-order valence-corrected chi connectivity index (χ4v) is 3.64. The second-order valence-electron chi connectivity index (χ2n) is 7.89. The Kier molecular flexibility index (Phi) is 6.81. The van der Waals surface area contributed by atoms with E-state index in [4.69, 9.17) is 9.26 Å². The maximum Gasteiger partial charge on any atom is 0.416 e. The molecule has 1 amide bonds. The van der Waals surface area contributed by atoms with Gasteiger partial charge < -0.3 is 14.2 Å². The van der Waals surface area contributed by atoms with Crippen LogP contribution in [-0.4, -0.2) is 40.0 Å². The highest BCUT2D eigenvalue weighted by molar-refractivity contribution is 5.94. The number of esters is 1. The molecule has 3 aromatic rings. The normalized spacial score (nSPS) is 14.7. The molecular formula is C23H18F5N3O4. The van der Waals surface area contributed by atoms with Crippen molar-refractivity contribution < 1.29 is 40.8 Å². The second-order valence-corrected chi connectivity index (χ2v) is 7.89. The van der Waals surface area contributed by atoms with E-state index in [1.54, 1.807) is 0 Å². The predicted octanol–water partition coefficient (Wildman–Crippen LogP) is 4.63. The number of carbonyl (C=O) groups is 2. The first-order valence-corrected chi connectivity index (χ1v) is 10.5. The number of likely N-dealkylation sites (tertiary alicyclic amines) is 1. The summed E-state index contributed by atoms with van der Waals surface area (Å²) >= 11 is 0. The Hall–Kier alpha value is -3.83. The molecule has 0 bridgehead atoms. The van der Waals surface area contributed by atoms with Crippen LogP contribution in [0.25, 0.3) is 11.4 Å². The molecule has 35 heavy (non-hydrogen) atoms. The minimum atomic E-state index is -4.46. The smallest absolute Gasteiger partial charge is 0.416 e. The highest BCUT2D eigenvalue weighted by Gasteiger charge is 2.31. The van der Waals surface area contributed by atoms with Gasteiger partial charge in [-0.25, -0.2) is 8.78 Å². The van der Waals surface area contributed by atoms with Crippen molar-refractivity contribution in [3.8, 4) is 11.4 Å². The molecule has 0 N–H and O–H groups in total. The first-order chi connectivity index (χ1) is 16.6. The summed E-state index contributed by atoms with van der Waals surface area (Å²) in [6.45, 7) is 0.0501. The van der Waals surface area contributed by atoms with Crippen LogP contribution in [0.2, 0.25) is 0 Å². The Morgan fingerprint density at radius 2 is 1.74 bits per heavy atom. The number of alkyl halides is 3. The maximum absolute atomic E-state index is 13.9. The summed E-state index contributed by atoms with van der Waals surface area (Å²) in [6.07, 6.45) is -3.89. The van der Waals surface area contributed by atoms with Gasteiger partial charge >= 0.3 is 12.1 Å². The number of ether oxygens (including phenoxy) is 1. The molecule has 0 unspecified atom stereocenters. The Balaban J connectivity index is 1.28. The van der Waals surface area contributed by atoms with Crippen molar-refractivity contribution in [3.05, 3.63) is 71.1 Å². The van der Waals surface area contributed by atoms with E-state index in [0.717, 1.165) is 24.3 Å². The number of benzene rings is 2. The molecule has 1 aliphatic rings. The van der Waals surface area contributed by atoms with Crippen molar-refractivity contribution in [2.75, 3.05) is 13.1 Å². The summed E-state index contributed by atoms with van der Waals surface area (Å²) < 4.78 is 75.2. The lowest BCUT2D eigenvalue weighted by Crippen LogP contribution is -2.41. The van der Waals surface area contributed by atoms with Crippen LogP contribution in [0.4, 0.5) is 22.0 Å². The highest BCUT2D eigenvalue weighted by atomic mass is 19.4. The molecule has 1 saturated heterocycles. The van der Waals surface area contributed by atoms with Crippen molar-refractivity contribution >= 4 is 11.9 Å². The van der Waals surface area contributed by atoms with Crippen LogP contribution in [0.5, 0.6) is 0 Å². The van der Waals surface area contributed by atoms with Gasteiger partial charge in [-0.05, 0) is 37.1 Å². The average molecular weight is 495 g/mol. The molecule has 0 spiro atoms. The van der Waals surface area contributed by atoms with E-state index in [-0.39, 0.29) is 49.8 Å². The molecule has 0 radical (unpaired) electrons. The van der Waals surface area contributed by atoms with Gasteiger partial charge in [0.1, 0.15) is 11.6 Å². The Morgan fingerprint density at radius 3 is 2.37 bits per heavy atom. The number of carbonyl (C=O) groups excluding carboxylic acids is 2. The number of hydrogen-bond acceptors (Lipinski definition) is 6. The van der Waals surface area contributed by atoms with E-state index >= 15 is 0 Å². The van der Waals surface area contributed by atoms with E-state index < -0.39 is 41.2 Å². The quantitative estimate of drug-likeness (QED) is 0.379. The summed E-state index contributed by atoms with van der Waals surface area (Å²) in [7, 11) is 0. The minimum Gasteiger partial charge on any atom is -0.455 e. The van der Waals surface area contributed by atoms with E-state index in [1.165, 1.54) is 17.0 Å². The van der Waals surface area contributed by atoms with Crippen LogP contribution in [0.15, 0.2) is 47.0 Å². The third kappa shape index (κ3) is 5.64. The molecule has 2 heterocycles. The van der Waals surface area contributed by atoms with Gasteiger partial charge in [-0.15, -0.1) is 0 Å². The SMILES string of the molecule is O=C(OCc1nc(-c2ccc(C(F)(F)F)cc2)no1)C1CCN(C(=O)c2ccc(F)cc2F)CC1. The van der Waals surface area contributed by atoms with Crippen LogP contribution in [0.1, 0.15) is 34.7 Å². The zero-order chi connectivity index (χ0) is 25.2. The first kappa shape index (κ1) is 24.3. The average Bonchev–Trinajstić information content (AvgIpc) is 3.31. The number of halogens is 5. The van der Waals surface area contributed by atoms with Gasteiger partial charge in [0, 0.05) is 24.7 Å². The third-order valence-corrected chi connectivity index (χ3v) is 5.55. The van der Waals surface area contributed by atoms with Crippen molar-refractivity contribution in [1.82, 2.24) is 15.0 Å². The molecule has 1 aromatic heterocycles. The number of hydrogen-bond donors (Lipinski definition) is 0. The topological polar surface area (TPSA) is 85.5 Å². The molecule has 1 aliphatic heterocycles. The van der Waals surface area contributed by atoms with Gasteiger partial charge in [0.15, 0.2) is 6.61 Å². The molecule has 0 saturated carbocycles. The molecule has 12 heteroatoms. The van der Waals surface area contributed by atoms with E-state index in [2.05, 4.69) is 10.1 Å². The highest BCUT2D eigenvalue weighted by Crippen LogP contribution is 2.30. The monoisotopic (exact) mass is 495 g/mol. The van der Waals surface area contributed by atoms with Crippen molar-refractivity contribution in [2.24, 2.45) is 5.92 Å². The van der Waals surface area contributed by atoms with Gasteiger partial charge in [0.25, 0.3) is 11.8 Å². The molecule has 4 rings (SSSR count). The summed E-state index contributed by atoms with van der Waals surface area (Å²) in [5.74, 6) is -3.36. The van der Waals surface area contributed by atoms with Crippen molar-refractivity contribution in [3.63, 3.8) is 0 Å². The fraction of sp³-hybridized carbons (Fsp3) is 0.304. The molecule has 2 aromatic carbocycles. The number of rotatable bonds is 5. The molecule has 7 nitrogen and oxygen atoms in total. The van der Waals surface area contributed by atoms with E-state index in [1.807, 2.05) is 0 Å². The molecule has 184 valence electrons. The Labute approximate surface area is 195 Å².